The third kappa shape index (κ3) is 3.24. The van der Waals surface area contributed by atoms with E-state index in [9.17, 15) is 22.8 Å². The van der Waals surface area contributed by atoms with Crippen molar-refractivity contribution in [2.45, 2.75) is 25.2 Å². The monoisotopic (exact) mass is 457 g/mol. The molecule has 2 unspecified atom stereocenters. The molecule has 3 aromatic rings. The number of carbonyl (C=O) groups excluding carboxylic acids is 2. The van der Waals surface area contributed by atoms with E-state index in [4.69, 9.17) is 4.74 Å². The summed E-state index contributed by atoms with van der Waals surface area (Å²) in [6.07, 6.45) is -4.38. The lowest BCUT2D eigenvalue weighted by Gasteiger charge is -2.24. The third-order valence-corrected chi connectivity index (χ3v) is 6.08. The van der Waals surface area contributed by atoms with Crippen molar-refractivity contribution in [1.82, 2.24) is 4.98 Å². The van der Waals surface area contributed by atoms with Gasteiger partial charge in [-0.15, -0.1) is 13.2 Å². The molecule has 5 rings (SSSR count). The maximum absolute atomic E-state index is 13.6. The topological polar surface area (TPSA) is 72.0 Å². The van der Waals surface area contributed by atoms with Gasteiger partial charge in [0.25, 0.3) is 5.91 Å². The molecule has 1 saturated heterocycles. The van der Waals surface area contributed by atoms with Crippen LogP contribution in [0.2, 0.25) is 0 Å². The molecule has 2 fully saturated rings. The van der Waals surface area contributed by atoms with Gasteiger partial charge in [0, 0.05) is 11.5 Å². The van der Waals surface area contributed by atoms with Gasteiger partial charge >= 0.3 is 12.4 Å². The van der Waals surface area contributed by atoms with Gasteiger partial charge in [-0.2, -0.15) is 0 Å². The predicted octanol–water partition coefficient (Wildman–Crippen LogP) is 4.89. The number of urea groups is 1. The fourth-order valence-electron chi connectivity index (χ4n) is 4.43. The zero-order chi connectivity index (χ0) is 23.5. The second kappa shape index (κ2) is 7.09. The highest BCUT2D eigenvalue weighted by Crippen LogP contribution is 2.56. The molecule has 0 N–H and O–H groups in total. The molecule has 2 aliphatic rings. The van der Waals surface area contributed by atoms with Crippen LogP contribution >= 0.6 is 0 Å². The Morgan fingerprint density at radius 2 is 1.76 bits per heavy atom. The third-order valence-electron chi connectivity index (χ3n) is 6.08. The summed E-state index contributed by atoms with van der Waals surface area (Å²) in [6, 6.07) is 12.9. The van der Waals surface area contributed by atoms with Gasteiger partial charge in [-0.25, -0.2) is 14.7 Å². The molecule has 3 amide bonds. The largest absolute Gasteiger partial charge is 0.573 e. The SMILES string of the molecule is COc1cc(N2C(=O)N(c3ccc(OC(F)(F)F)cc3)C(=O)C23CC3C)c2ccccc2n1. The number of fused-ring (bicyclic) bond motifs is 1. The van der Waals surface area contributed by atoms with Gasteiger partial charge in [0.05, 0.1) is 24.0 Å². The predicted molar refractivity (Wildman–Crippen MR) is 113 cm³/mol. The number of carbonyl (C=O) groups is 2. The number of amides is 3. The van der Waals surface area contributed by atoms with E-state index < -0.39 is 29.6 Å². The molecule has 2 aromatic carbocycles. The number of hydrogen-bond acceptors (Lipinski definition) is 5. The first-order chi connectivity index (χ1) is 15.7. The lowest BCUT2D eigenvalue weighted by molar-refractivity contribution is -0.274. The smallest absolute Gasteiger partial charge is 0.481 e. The number of anilines is 2. The molecular weight excluding hydrogens is 439 g/mol. The van der Waals surface area contributed by atoms with Crippen LogP contribution in [0.25, 0.3) is 10.9 Å². The quantitative estimate of drug-likeness (QED) is 0.522. The van der Waals surface area contributed by atoms with Gasteiger partial charge in [0.2, 0.25) is 5.88 Å². The molecule has 2 atom stereocenters. The summed E-state index contributed by atoms with van der Waals surface area (Å²) >= 11 is 0. The molecule has 33 heavy (non-hydrogen) atoms. The van der Waals surface area contributed by atoms with Gasteiger partial charge in [0.1, 0.15) is 11.3 Å². The van der Waals surface area contributed by atoms with Crippen LogP contribution in [0.1, 0.15) is 13.3 Å². The molecule has 1 saturated carbocycles. The fraction of sp³-hybridized carbons (Fsp3) is 0.261. The zero-order valence-corrected chi connectivity index (χ0v) is 17.6. The number of para-hydroxylation sites is 1. The van der Waals surface area contributed by atoms with E-state index in [1.54, 1.807) is 12.1 Å². The Morgan fingerprint density at radius 3 is 2.36 bits per heavy atom. The van der Waals surface area contributed by atoms with Gasteiger partial charge in [-0.1, -0.05) is 25.1 Å². The second-order valence-corrected chi connectivity index (χ2v) is 8.03. The van der Waals surface area contributed by atoms with E-state index in [-0.39, 0.29) is 11.6 Å². The minimum absolute atomic E-state index is 0.107. The summed E-state index contributed by atoms with van der Waals surface area (Å²) in [4.78, 5) is 34.0. The number of aromatic nitrogens is 1. The van der Waals surface area contributed by atoms with E-state index in [0.29, 0.717) is 28.9 Å². The van der Waals surface area contributed by atoms with Crippen LogP contribution in [0.5, 0.6) is 11.6 Å². The van der Waals surface area contributed by atoms with Gasteiger partial charge in [0.15, 0.2) is 0 Å². The Hall–Kier alpha value is -3.82. The Balaban J connectivity index is 1.59. The number of pyridine rings is 1. The first-order valence-corrected chi connectivity index (χ1v) is 10.1. The van der Waals surface area contributed by atoms with Crippen molar-refractivity contribution >= 4 is 34.2 Å². The van der Waals surface area contributed by atoms with Crippen molar-refractivity contribution < 1.29 is 32.2 Å². The highest BCUT2D eigenvalue weighted by atomic mass is 19.4. The van der Waals surface area contributed by atoms with E-state index in [0.717, 1.165) is 17.0 Å². The van der Waals surface area contributed by atoms with E-state index in [1.165, 1.54) is 24.1 Å². The van der Waals surface area contributed by atoms with Crippen molar-refractivity contribution in [3.8, 4) is 11.6 Å². The van der Waals surface area contributed by atoms with Crippen molar-refractivity contribution in [3.05, 3.63) is 54.6 Å². The van der Waals surface area contributed by atoms with Crippen LogP contribution in [-0.2, 0) is 4.79 Å². The second-order valence-electron chi connectivity index (χ2n) is 8.03. The first-order valence-electron chi connectivity index (χ1n) is 10.1. The van der Waals surface area contributed by atoms with Crippen LogP contribution in [-0.4, -0.2) is 35.9 Å². The summed E-state index contributed by atoms with van der Waals surface area (Å²) in [5, 5.41) is 0.675. The molecule has 0 bridgehead atoms. The molecule has 1 aliphatic heterocycles. The Bertz CT molecular complexity index is 1280. The molecule has 1 spiro atoms. The lowest BCUT2D eigenvalue weighted by Crippen LogP contribution is -2.39. The average Bonchev–Trinajstić information content (AvgIpc) is 3.39. The number of alkyl halides is 3. The highest BCUT2D eigenvalue weighted by molar-refractivity contribution is 6.33. The number of nitrogens with zero attached hydrogens (tertiary/aromatic N) is 3. The van der Waals surface area contributed by atoms with Crippen LogP contribution in [0, 0.1) is 5.92 Å². The van der Waals surface area contributed by atoms with Crippen LogP contribution in [0.4, 0.5) is 29.3 Å². The number of methoxy groups -OCH3 is 1. The Morgan fingerprint density at radius 1 is 1.09 bits per heavy atom. The summed E-state index contributed by atoms with van der Waals surface area (Å²) in [5.74, 6) is -0.685. The summed E-state index contributed by atoms with van der Waals surface area (Å²) in [5.41, 5.74) is 0.168. The summed E-state index contributed by atoms with van der Waals surface area (Å²) < 4.78 is 46.7. The van der Waals surface area contributed by atoms with Crippen molar-refractivity contribution in [3.63, 3.8) is 0 Å². The van der Waals surface area contributed by atoms with Gasteiger partial charge < -0.3 is 9.47 Å². The first kappa shape index (κ1) is 21.0. The maximum Gasteiger partial charge on any atom is 0.573 e. The van der Waals surface area contributed by atoms with Crippen LogP contribution in [0.15, 0.2) is 54.6 Å². The average molecular weight is 457 g/mol. The lowest BCUT2D eigenvalue weighted by atomic mass is 10.1. The van der Waals surface area contributed by atoms with E-state index in [1.807, 2.05) is 25.1 Å². The molecule has 10 heteroatoms. The normalized spacial score (nSPS) is 22.4. The number of imide groups is 1. The Kier molecular flexibility index (Phi) is 4.52. The minimum Gasteiger partial charge on any atom is -0.481 e. The van der Waals surface area contributed by atoms with Crippen LogP contribution < -0.4 is 19.3 Å². The standard InChI is InChI=1S/C23H18F3N3O4/c1-13-12-22(13)20(30)28(14-7-9-15(10-8-14)33-23(24,25)26)21(31)29(22)18-11-19(32-2)27-17-6-4-3-5-16(17)18/h3-11,13H,12H2,1-2H3. The van der Waals surface area contributed by atoms with E-state index >= 15 is 0 Å². The highest BCUT2D eigenvalue weighted by Gasteiger charge is 2.70. The number of hydrogen-bond donors (Lipinski definition) is 0. The number of halogens is 3. The Labute approximate surface area is 186 Å². The number of ether oxygens (including phenoxy) is 2. The summed E-state index contributed by atoms with van der Waals surface area (Å²) in [6.45, 7) is 1.88. The van der Waals surface area contributed by atoms with Crippen molar-refractivity contribution in [1.29, 1.82) is 0 Å². The van der Waals surface area contributed by atoms with Crippen LogP contribution in [0.3, 0.4) is 0 Å². The van der Waals surface area contributed by atoms with Crippen molar-refractivity contribution in [2.75, 3.05) is 16.9 Å². The number of benzene rings is 2. The molecule has 0 radical (unpaired) electrons. The van der Waals surface area contributed by atoms with Crippen molar-refractivity contribution in [2.24, 2.45) is 5.92 Å². The molecule has 1 aliphatic carbocycles. The molecule has 1 aromatic heterocycles. The number of rotatable bonds is 4. The zero-order valence-electron chi connectivity index (χ0n) is 17.6. The van der Waals surface area contributed by atoms with E-state index in [2.05, 4.69) is 9.72 Å². The molecular formula is C23H18F3N3O4. The molecule has 7 nitrogen and oxygen atoms in total. The molecule has 2 heterocycles. The summed E-state index contributed by atoms with van der Waals surface area (Å²) in [7, 11) is 1.46. The van der Waals surface area contributed by atoms with Gasteiger partial charge in [-0.05, 0) is 42.7 Å². The molecule has 170 valence electrons. The maximum atomic E-state index is 13.6. The van der Waals surface area contributed by atoms with Gasteiger partial charge in [-0.3, -0.25) is 9.69 Å². The fourth-order valence-corrected chi connectivity index (χ4v) is 4.43. The minimum atomic E-state index is -4.84.